The summed E-state index contributed by atoms with van der Waals surface area (Å²) in [7, 11) is 0.976. The number of halogens is 6. The van der Waals surface area contributed by atoms with E-state index in [9.17, 15) is 45.5 Å². The quantitative estimate of drug-likeness (QED) is 0.220. The van der Waals surface area contributed by atoms with E-state index in [0.29, 0.717) is 12.1 Å². The number of benzene rings is 2. The number of amides is 4. The van der Waals surface area contributed by atoms with Crippen molar-refractivity contribution in [2.45, 2.75) is 104 Å². The molecule has 1 heterocycles. The molecule has 1 aliphatic rings. The van der Waals surface area contributed by atoms with E-state index >= 15 is 0 Å². The molecule has 52 heavy (non-hydrogen) atoms. The maximum atomic E-state index is 13.7. The third kappa shape index (κ3) is 10.8. The van der Waals surface area contributed by atoms with Gasteiger partial charge in [-0.05, 0) is 97.7 Å². The Kier molecular flexibility index (Phi) is 12.3. The number of anilines is 3. The highest BCUT2D eigenvalue weighted by Crippen LogP contribution is 2.46. The second kappa shape index (κ2) is 15.4. The summed E-state index contributed by atoms with van der Waals surface area (Å²) in [4.78, 5) is 54.7. The molecule has 0 aliphatic carbocycles. The highest BCUT2D eigenvalue weighted by molar-refractivity contribution is 5.99. The fourth-order valence-electron chi connectivity index (χ4n) is 5.40. The molecule has 2 aromatic rings. The van der Waals surface area contributed by atoms with Crippen molar-refractivity contribution in [3.05, 3.63) is 52.6 Å². The molecular weight excluding hydrogens is 706 g/mol. The molecular formula is C34H42F6N4O8. The fraction of sp³-hybridized carbons (Fsp3) is 0.529. The third-order valence-corrected chi connectivity index (χ3v) is 7.31. The number of nitrogens with one attached hydrogen (secondary N) is 2. The highest BCUT2D eigenvalue weighted by atomic mass is 19.4. The van der Waals surface area contributed by atoms with Crippen molar-refractivity contribution in [3.8, 4) is 0 Å². The number of ether oxygens (including phenoxy) is 4. The normalized spacial score (nSPS) is 16.3. The van der Waals surface area contributed by atoms with Crippen LogP contribution in [0.1, 0.15) is 90.1 Å². The van der Waals surface area contributed by atoms with Gasteiger partial charge in [0.2, 0.25) is 0 Å². The second-order valence-electron chi connectivity index (χ2n) is 13.9. The van der Waals surface area contributed by atoms with Crippen molar-refractivity contribution in [3.63, 3.8) is 0 Å². The smallest absolute Gasteiger partial charge is 0.416 e. The molecule has 1 aliphatic heterocycles. The first-order valence-corrected chi connectivity index (χ1v) is 16.0. The van der Waals surface area contributed by atoms with Gasteiger partial charge in [-0.3, -0.25) is 20.4 Å². The number of hydrogen-bond donors (Lipinski definition) is 2. The van der Waals surface area contributed by atoms with E-state index in [1.54, 1.807) is 55.4 Å². The van der Waals surface area contributed by atoms with Crippen molar-refractivity contribution >= 4 is 41.4 Å². The first-order chi connectivity index (χ1) is 23.7. The van der Waals surface area contributed by atoms with Crippen LogP contribution in [0.5, 0.6) is 0 Å². The van der Waals surface area contributed by atoms with Crippen molar-refractivity contribution in [1.82, 2.24) is 4.90 Å². The van der Waals surface area contributed by atoms with Gasteiger partial charge in [-0.1, -0.05) is 0 Å². The lowest BCUT2D eigenvalue weighted by Crippen LogP contribution is -2.47. The number of rotatable bonds is 6. The average molecular weight is 749 g/mol. The zero-order valence-electron chi connectivity index (χ0n) is 30.1. The molecule has 2 unspecified atom stereocenters. The lowest BCUT2D eigenvalue weighted by molar-refractivity contribution is -0.143. The van der Waals surface area contributed by atoms with E-state index in [1.165, 1.54) is 17.0 Å². The number of alkyl halides is 6. The maximum absolute atomic E-state index is 13.7. The molecule has 2 aromatic carbocycles. The molecule has 2 N–H and O–H groups in total. The van der Waals surface area contributed by atoms with Gasteiger partial charge < -0.3 is 18.9 Å². The Morgan fingerprint density at radius 3 is 1.71 bits per heavy atom. The van der Waals surface area contributed by atoms with Crippen LogP contribution in [0, 0.1) is 0 Å². The van der Waals surface area contributed by atoms with Crippen LogP contribution in [-0.4, -0.2) is 60.2 Å². The van der Waals surface area contributed by atoms with Crippen molar-refractivity contribution in [2.24, 2.45) is 0 Å². The lowest BCUT2D eigenvalue weighted by Gasteiger charge is -2.43. The molecule has 0 saturated heterocycles. The van der Waals surface area contributed by atoms with Gasteiger partial charge in [0.25, 0.3) is 0 Å². The summed E-state index contributed by atoms with van der Waals surface area (Å²) in [6, 6.07) is 1.52. The van der Waals surface area contributed by atoms with Crippen LogP contribution in [0.25, 0.3) is 0 Å². The second-order valence-corrected chi connectivity index (χ2v) is 13.9. The van der Waals surface area contributed by atoms with Crippen LogP contribution < -0.4 is 15.5 Å². The minimum absolute atomic E-state index is 0.0249. The summed E-state index contributed by atoms with van der Waals surface area (Å²) in [5.74, 6) is 0. The molecule has 0 radical (unpaired) electrons. The topological polar surface area (TPSA) is 136 Å². The predicted octanol–water partition coefficient (Wildman–Crippen LogP) is 9.48. The fourth-order valence-corrected chi connectivity index (χ4v) is 5.40. The van der Waals surface area contributed by atoms with Gasteiger partial charge in [0.15, 0.2) is 0 Å². The van der Waals surface area contributed by atoms with Crippen LogP contribution in [0.15, 0.2) is 30.3 Å². The zero-order chi connectivity index (χ0) is 39.6. The van der Waals surface area contributed by atoms with Crippen LogP contribution >= 0.6 is 0 Å². The molecule has 0 aromatic heterocycles. The summed E-state index contributed by atoms with van der Waals surface area (Å²) in [6.07, 6.45) is -14.3. The number of carbonyl (C=O) groups is 4. The number of carbonyl (C=O) groups excluding carboxylic acids is 4. The van der Waals surface area contributed by atoms with Crippen LogP contribution in [0.2, 0.25) is 0 Å². The summed E-state index contributed by atoms with van der Waals surface area (Å²) >= 11 is 0. The van der Waals surface area contributed by atoms with Crippen LogP contribution in [0.3, 0.4) is 0 Å². The minimum atomic E-state index is -5.15. The van der Waals surface area contributed by atoms with E-state index in [-0.39, 0.29) is 41.7 Å². The Bertz CT molecular complexity index is 1630. The molecule has 0 bridgehead atoms. The predicted molar refractivity (Wildman–Crippen MR) is 177 cm³/mol. The van der Waals surface area contributed by atoms with E-state index in [0.717, 1.165) is 12.0 Å². The van der Waals surface area contributed by atoms with E-state index in [2.05, 4.69) is 10.6 Å². The van der Waals surface area contributed by atoms with Gasteiger partial charge >= 0.3 is 36.7 Å². The van der Waals surface area contributed by atoms with Gasteiger partial charge in [0, 0.05) is 18.2 Å². The van der Waals surface area contributed by atoms with Crippen molar-refractivity contribution in [1.29, 1.82) is 0 Å². The monoisotopic (exact) mass is 748 g/mol. The maximum Gasteiger partial charge on any atom is 0.416 e. The Morgan fingerprint density at radius 2 is 1.29 bits per heavy atom. The van der Waals surface area contributed by atoms with Gasteiger partial charge in [0.1, 0.15) is 11.2 Å². The molecule has 12 nitrogen and oxygen atoms in total. The van der Waals surface area contributed by atoms with E-state index < -0.39 is 83.2 Å². The summed E-state index contributed by atoms with van der Waals surface area (Å²) < 4.78 is 103. The van der Waals surface area contributed by atoms with Gasteiger partial charge in [-0.2, -0.15) is 26.3 Å². The highest BCUT2D eigenvalue weighted by Gasteiger charge is 2.42. The zero-order valence-corrected chi connectivity index (χ0v) is 30.1. The van der Waals surface area contributed by atoms with Gasteiger partial charge in [-0.25, -0.2) is 19.2 Å². The van der Waals surface area contributed by atoms with E-state index in [1.807, 2.05) is 0 Å². The van der Waals surface area contributed by atoms with E-state index in [4.69, 9.17) is 18.9 Å². The van der Waals surface area contributed by atoms with Crippen molar-refractivity contribution < 1.29 is 64.5 Å². The molecule has 0 spiro atoms. The SMILES string of the molecule is CCOC(=O)N1c2cc(NC(=O)OC(C)(C)C)c(NC(=O)OC(C)(C)C)cc2C(N(Cc2cc(C(F)(F)F)cc(C(F)(F)F)c2)C(=O)OC)CC1C. The van der Waals surface area contributed by atoms with Crippen molar-refractivity contribution in [2.75, 3.05) is 29.3 Å². The summed E-state index contributed by atoms with van der Waals surface area (Å²) in [5.41, 5.74) is -5.74. The largest absolute Gasteiger partial charge is 0.453 e. The molecule has 288 valence electrons. The molecule has 0 saturated carbocycles. The average Bonchev–Trinajstić information content (AvgIpc) is 2.96. The number of hydrogen-bond acceptors (Lipinski definition) is 8. The summed E-state index contributed by atoms with van der Waals surface area (Å²) in [5, 5.41) is 5.04. The number of fused-ring (bicyclic) bond motifs is 1. The Balaban J connectivity index is 2.32. The number of methoxy groups -OCH3 is 1. The molecule has 2 atom stereocenters. The lowest BCUT2D eigenvalue weighted by atomic mass is 9.89. The molecule has 0 fully saturated rings. The Labute approximate surface area is 296 Å². The first-order valence-electron chi connectivity index (χ1n) is 16.0. The number of nitrogens with zero attached hydrogens (tertiary/aromatic N) is 2. The van der Waals surface area contributed by atoms with Gasteiger partial charge in [-0.15, -0.1) is 0 Å². The van der Waals surface area contributed by atoms with Crippen LogP contribution in [-0.2, 0) is 37.8 Å². The molecule has 3 rings (SSSR count). The van der Waals surface area contributed by atoms with Gasteiger partial charge in [0.05, 0.1) is 47.9 Å². The third-order valence-electron chi connectivity index (χ3n) is 7.31. The minimum Gasteiger partial charge on any atom is -0.453 e. The molecule has 4 amide bonds. The summed E-state index contributed by atoms with van der Waals surface area (Å²) in [6.45, 7) is 11.9. The van der Waals surface area contributed by atoms with Crippen LogP contribution in [0.4, 0.5) is 62.6 Å². The Morgan fingerprint density at radius 1 is 0.808 bits per heavy atom. The molecule has 18 heteroatoms. The first kappa shape index (κ1) is 41.5. The Hall–Kier alpha value is -4.90. The standard InChI is InChI=1S/C34H42F6N4O8/c1-10-50-30(48)44-18(2)11-25(43(29(47)49-9)17-19-12-20(33(35,36)37)14-21(13-19)34(38,39)40)22-15-23(41-27(45)51-31(3,4)5)24(16-26(22)44)42-28(46)52-32(6,7)8/h12-16,18,25H,10-11,17H2,1-9H3,(H,41,45)(H,42,46).